The second kappa shape index (κ2) is 11.0. The predicted molar refractivity (Wildman–Crippen MR) is 63.4 cm³/mol. The molecule has 0 amide bonds. The van der Waals surface area contributed by atoms with Crippen molar-refractivity contribution >= 4 is 29.5 Å². The van der Waals surface area contributed by atoms with Gasteiger partial charge in [0.05, 0.1) is 0 Å². The van der Waals surface area contributed by atoms with Crippen LogP contribution in [0.5, 0.6) is 0 Å². The first-order valence-corrected chi connectivity index (χ1v) is 10.6. The summed E-state index contributed by atoms with van der Waals surface area (Å²) in [4.78, 5) is 28.1. The first-order chi connectivity index (χ1) is 8.98. The summed E-state index contributed by atoms with van der Waals surface area (Å²) < 4.78 is 1.99. The Balaban J connectivity index is 0. The quantitative estimate of drug-likeness (QED) is 0.163. The maximum absolute atomic E-state index is 10.4. The van der Waals surface area contributed by atoms with E-state index in [0.29, 0.717) is 52.2 Å². The first kappa shape index (κ1) is 21.5. The molecular formula is C10H12Hg2N2O6. The van der Waals surface area contributed by atoms with E-state index in [1.807, 2.05) is 0 Å². The van der Waals surface area contributed by atoms with E-state index in [0.717, 1.165) is 25.7 Å². The number of nitrogens with two attached hydrogens (primary N) is 1. The minimum absolute atomic E-state index is 0.194. The Morgan fingerprint density at radius 1 is 1.15 bits per heavy atom. The fourth-order valence-electron chi connectivity index (χ4n) is 0.866. The van der Waals surface area contributed by atoms with Crippen LogP contribution >= 0.6 is 0 Å². The minimum atomic E-state index is -0.833. The Kier molecular flexibility index (Phi) is 11.8. The van der Waals surface area contributed by atoms with Gasteiger partial charge in [0.1, 0.15) is 0 Å². The summed E-state index contributed by atoms with van der Waals surface area (Å²) in [7, 11) is 0. The topological polar surface area (TPSA) is 144 Å². The summed E-state index contributed by atoms with van der Waals surface area (Å²) >= 11 is 0.726. The molecule has 10 heteroatoms. The molecule has 0 spiro atoms. The average molecular weight is 657 g/mol. The molecule has 1 aromatic carbocycles. The van der Waals surface area contributed by atoms with E-state index in [4.69, 9.17) is 25.5 Å². The number of nitrogens with zero attached hydrogens (tertiary/aromatic N) is 1. The van der Waals surface area contributed by atoms with Gasteiger partial charge in [-0.15, -0.1) is 0 Å². The number of nitrogen functional groups attached to an aromatic ring is 1. The Bertz CT molecular complexity index is 464. The van der Waals surface area contributed by atoms with Crippen molar-refractivity contribution in [2.24, 2.45) is 0 Å². The molecule has 1 rings (SSSR count). The van der Waals surface area contributed by atoms with Crippen LogP contribution < -0.4 is 11.9 Å². The summed E-state index contributed by atoms with van der Waals surface area (Å²) in [6.07, 6.45) is 0. The van der Waals surface area contributed by atoms with Gasteiger partial charge in [-0.2, -0.15) is 0 Å². The van der Waals surface area contributed by atoms with E-state index in [9.17, 15) is 10.1 Å². The van der Waals surface area contributed by atoms with Crippen LogP contribution in [-0.4, -0.2) is 27.1 Å². The van der Waals surface area contributed by atoms with Crippen molar-refractivity contribution in [3.63, 3.8) is 0 Å². The zero-order valence-electron chi connectivity index (χ0n) is 11.1. The third-order valence-electron chi connectivity index (χ3n) is 1.55. The molecule has 0 unspecified atom stereocenters. The molecule has 0 fully saturated rings. The molecule has 0 aliphatic rings. The van der Waals surface area contributed by atoms with Crippen molar-refractivity contribution < 1.29 is 77.0 Å². The van der Waals surface area contributed by atoms with Gasteiger partial charge in [0.25, 0.3) is 11.9 Å². The van der Waals surface area contributed by atoms with Gasteiger partial charge in [-0.1, -0.05) is 0 Å². The molecular weight excluding hydrogens is 645 g/mol. The van der Waals surface area contributed by atoms with Crippen LogP contribution in [0.1, 0.15) is 13.8 Å². The number of benzene rings is 1. The molecule has 0 aliphatic carbocycles. The number of rotatable bonds is 1. The number of aliphatic carboxylic acids is 2. The van der Waals surface area contributed by atoms with Gasteiger partial charge in [-0.25, -0.2) is 0 Å². The monoisotopic (exact) mass is 660 g/mol. The van der Waals surface area contributed by atoms with Gasteiger partial charge in [-0.3, -0.25) is 9.59 Å². The van der Waals surface area contributed by atoms with Gasteiger partial charge >= 0.3 is 103 Å². The molecule has 8 nitrogen and oxygen atoms in total. The van der Waals surface area contributed by atoms with Gasteiger partial charge in [0.2, 0.25) is 0 Å². The molecule has 0 bridgehead atoms. The number of nitro benzene ring substituents is 1. The molecule has 0 aliphatic heterocycles. The Morgan fingerprint density at radius 3 is 1.60 bits per heavy atom. The molecule has 0 heterocycles. The van der Waals surface area contributed by atoms with Crippen molar-refractivity contribution in [3.8, 4) is 0 Å². The number of nitro groups is 1. The van der Waals surface area contributed by atoms with Crippen molar-refractivity contribution in [2.45, 2.75) is 13.8 Å². The third kappa shape index (κ3) is 12.3. The zero-order chi connectivity index (χ0) is 16.5. The van der Waals surface area contributed by atoms with Gasteiger partial charge in [-0.05, 0) is 0 Å². The standard InChI is InChI=1S/C6H4N2O2.2C2H4O2.2Hg/c7-5-1-3-6(4-2-5)8(9)10;2*1-2(3)4;;/h3-4H,7H2;2*1H3,(H,3,4);;. The third-order valence-corrected chi connectivity index (χ3v) is 6.10. The van der Waals surface area contributed by atoms with Crippen LogP contribution in [-0.2, 0) is 61.8 Å². The number of non-ortho nitro benzene ring substituents is 1. The normalized spacial score (nSPS) is 8.50. The Morgan fingerprint density at radius 2 is 1.40 bits per heavy atom. The Hall–Kier alpha value is -0.770. The fourth-order valence-corrected chi connectivity index (χ4v) is 8.04. The fraction of sp³-hybridized carbons (Fsp3) is 0.200. The van der Waals surface area contributed by atoms with Crippen molar-refractivity contribution in [3.05, 3.63) is 22.2 Å². The van der Waals surface area contributed by atoms with E-state index in [-0.39, 0.29) is 10.6 Å². The van der Waals surface area contributed by atoms with Gasteiger partial charge < -0.3 is 10.2 Å². The van der Waals surface area contributed by atoms with Crippen LogP contribution in [0.2, 0.25) is 0 Å². The number of carboxylic acid groups (broad SMARTS) is 2. The van der Waals surface area contributed by atoms with Crippen LogP contribution in [0.4, 0.5) is 11.4 Å². The van der Waals surface area contributed by atoms with E-state index in [1.165, 1.54) is 0 Å². The molecule has 0 aromatic heterocycles. The maximum atomic E-state index is 10.4. The molecule has 0 saturated carbocycles. The second-order valence-corrected chi connectivity index (χ2v) is 9.40. The predicted octanol–water partition coefficient (Wildman–Crippen LogP) is -0.297. The number of hydrogen-bond donors (Lipinski definition) is 3. The van der Waals surface area contributed by atoms with Crippen molar-refractivity contribution in [1.29, 1.82) is 0 Å². The van der Waals surface area contributed by atoms with Crippen LogP contribution in [0.25, 0.3) is 0 Å². The van der Waals surface area contributed by atoms with Gasteiger partial charge in [0.15, 0.2) is 0 Å². The first-order valence-electron chi connectivity index (χ1n) is 5.09. The molecule has 102 valence electrons. The second-order valence-electron chi connectivity index (χ2n) is 3.47. The van der Waals surface area contributed by atoms with Gasteiger partial charge in [0, 0.05) is 13.8 Å². The van der Waals surface area contributed by atoms with Crippen molar-refractivity contribution in [1.82, 2.24) is 0 Å². The van der Waals surface area contributed by atoms with Crippen LogP contribution in [0.3, 0.4) is 0 Å². The summed E-state index contributed by atoms with van der Waals surface area (Å²) in [5, 5.41) is 25.3. The Labute approximate surface area is 147 Å². The summed E-state index contributed by atoms with van der Waals surface area (Å²) in [5.74, 6) is -1.67. The number of carbonyl (C=O) groups is 2. The summed E-state index contributed by atoms with van der Waals surface area (Å²) in [5.41, 5.74) is 6.72. The van der Waals surface area contributed by atoms with Crippen molar-refractivity contribution in [2.75, 3.05) is 5.73 Å². The molecule has 20 heavy (non-hydrogen) atoms. The average Bonchev–Trinajstić information content (AvgIpc) is 2.23. The van der Waals surface area contributed by atoms with Crippen LogP contribution in [0.15, 0.2) is 12.1 Å². The number of hydrogen-bond acceptors (Lipinski definition) is 5. The zero-order valence-corrected chi connectivity index (χ0v) is 22.1. The molecule has 4 N–H and O–H groups in total. The molecule has 0 saturated heterocycles. The SMILES string of the molecule is CC(=O)O.CC(=O)O.Nc1[c]([Hg])cc([N+](=O)[O-])c[c]1[Hg]. The van der Waals surface area contributed by atoms with E-state index in [1.54, 1.807) is 12.1 Å². The van der Waals surface area contributed by atoms with E-state index in [2.05, 4.69) is 0 Å². The van der Waals surface area contributed by atoms with E-state index < -0.39 is 11.9 Å². The summed E-state index contributed by atoms with van der Waals surface area (Å²) in [6, 6.07) is 3.18. The molecule has 0 atom stereocenters. The van der Waals surface area contributed by atoms with Crippen LogP contribution in [0, 0.1) is 10.1 Å². The molecule has 1 aromatic rings. The number of anilines is 1. The summed E-state index contributed by atoms with van der Waals surface area (Å²) in [6.45, 7) is 2.17. The van der Waals surface area contributed by atoms with E-state index >= 15 is 0 Å². The molecule has 0 radical (unpaired) electrons. The number of carboxylic acids is 2.